The molecule has 2 nitrogen and oxygen atoms in total. The van der Waals surface area contributed by atoms with Gasteiger partial charge in [0.2, 0.25) is 0 Å². The zero-order chi connectivity index (χ0) is 12.1. The number of fused-ring (bicyclic) bond motifs is 1. The van der Waals surface area contributed by atoms with Gasteiger partial charge >= 0.3 is 5.97 Å². The third-order valence-electron chi connectivity index (χ3n) is 2.53. The second kappa shape index (κ2) is 5.18. The van der Waals surface area contributed by atoms with E-state index in [2.05, 4.69) is 5.92 Å². The van der Waals surface area contributed by atoms with Gasteiger partial charge in [0.05, 0.1) is 6.42 Å². The second-order valence-corrected chi connectivity index (χ2v) is 3.68. The number of hydrogen-bond acceptors (Lipinski definition) is 2. The molecule has 84 valence electrons. The van der Waals surface area contributed by atoms with Crippen LogP contribution in [0.5, 0.6) is 0 Å². The van der Waals surface area contributed by atoms with Crippen molar-refractivity contribution in [2.24, 2.45) is 0 Å². The average Bonchev–Trinajstić information content (AvgIpc) is 2.37. The van der Waals surface area contributed by atoms with Gasteiger partial charge in [-0.3, -0.25) is 4.79 Å². The number of terminal acetylenes is 1. The number of carbonyl (C=O) groups excluding carboxylic acids is 1. The number of rotatable bonds is 3. The summed E-state index contributed by atoms with van der Waals surface area (Å²) in [5.41, 5.74) is 0.963. The van der Waals surface area contributed by atoms with Crippen molar-refractivity contribution in [3.8, 4) is 12.3 Å². The Labute approximate surface area is 100 Å². The summed E-state index contributed by atoms with van der Waals surface area (Å²) in [6.45, 7) is 0.0313. The van der Waals surface area contributed by atoms with Gasteiger partial charge < -0.3 is 4.74 Å². The zero-order valence-electron chi connectivity index (χ0n) is 9.35. The fourth-order valence-electron chi connectivity index (χ4n) is 1.78. The predicted molar refractivity (Wildman–Crippen MR) is 67.4 cm³/mol. The van der Waals surface area contributed by atoms with Crippen LogP contribution in [-0.2, 0) is 16.0 Å². The molecule has 0 saturated heterocycles. The Balaban J connectivity index is 2.24. The van der Waals surface area contributed by atoms with Crippen molar-refractivity contribution in [1.29, 1.82) is 0 Å². The summed E-state index contributed by atoms with van der Waals surface area (Å²) in [4.78, 5) is 11.5. The first-order valence-electron chi connectivity index (χ1n) is 5.37. The van der Waals surface area contributed by atoms with E-state index in [1.807, 2.05) is 42.5 Å². The summed E-state index contributed by atoms with van der Waals surface area (Å²) in [6.07, 6.45) is 5.29. The Morgan fingerprint density at radius 2 is 1.94 bits per heavy atom. The van der Waals surface area contributed by atoms with Gasteiger partial charge in [-0.15, -0.1) is 6.42 Å². The molecule has 0 spiro atoms. The van der Waals surface area contributed by atoms with E-state index in [1.165, 1.54) is 0 Å². The van der Waals surface area contributed by atoms with E-state index in [9.17, 15) is 4.79 Å². The van der Waals surface area contributed by atoms with Crippen LogP contribution in [0, 0.1) is 12.3 Å². The minimum absolute atomic E-state index is 0.0313. The number of benzene rings is 2. The minimum atomic E-state index is -0.292. The van der Waals surface area contributed by atoms with Crippen LogP contribution in [0.25, 0.3) is 10.8 Å². The van der Waals surface area contributed by atoms with Crippen LogP contribution in [0.4, 0.5) is 0 Å². The van der Waals surface area contributed by atoms with E-state index in [1.54, 1.807) is 0 Å². The van der Waals surface area contributed by atoms with Crippen molar-refractivity contribution in [2.75, 3.05) is 6.61 Å². The molecule has 0 atom stereocenters. The summed E-state index contributed by atoms with van der Waals surface area (Å²) in [7, 11) is 0. The van der Waals surface area contributed by atoms with Crippen LogP contribution in [0.3, 0.4) is 0 Å². The van der Waals surface area contributed by atoms with Gasteiger partial charge in [-0.1, -0.05) is 48.4 Å². The maximum absolute atomic E-state index is 11.5. The molecule has 0 bridgehead atoms. The lowest BCUT2D eigenvalue weighted by Crippen LogP contribution is -2.08. The molecule has 0 radical (unpaired) electrons. The highest BCUT2D eigenvalue weighted by Gasteiger charge is 2.07. The van der Waals surface area contributed by atoms with E-state index in [0.717, 1.165) is 16.3 Å². The summed E-state index contributed by atoms with van der Waals surface area (Å²) in [6, 6.07) is 13.8. The smallest absolute Gasteiger partial charge is 0.311 e. The van der Waals surface area contributed by atoms with Crippen molar-refractivity contribution in [3.05, 3.63) is 48.0 Å². The fraction of sp³-hybridized carbons (Fsp3) is 0.133. The van der Waals surface area contributed by atoms with Crippen LogP contribution < -0.4 is 0 Å². The van der Waals surface area contributed by atoms with E-state index >= 15 is 0 Å². The monoisotopic (exact) mass is 224 g/mol. The normalized spacial score (nSPS) is 9.82. The van der Waals surface area contributed by atoms with Crippen molar-refractivity contribution < 1.29 is 9.53 Å². The van der Waals surface area contributed by atoms with Gasteiger partial charge in [-0.2, -0.15) is 0 Å². The highest BCUT2D eigenvalue weighted by molar-refractivity contribution is 5.88. The van der Waals surface area contributed by atoms with Crippen LogP contribution >= 0.6 is 0 Å². The summed E-state index contributed by atoms with van der Waals surface area (Å²) >= 11 is 0. The van der Waals surface area contributed by atoms with Crippen LogP contribution in [0.2, 0.25) is 0 Å². The molecule has 2 aromatic carbocycles. The SMILES string of the molecule is C#CCOC(=O)Cc1cccc2ccccc12. The zero-order valence-corrected chi connectivity index (χ0v) is 9.35. The van der Waals surface area contributed by atoms with E-state index in [-0.39, 0.29) is 19.0 Å². The lowest BCUT2D eigenvalue weighted by Gasteiger charge is -2.05. The molecule has 2 heteroatoms. The lowest BCUT2D eigenvalue weighted by molar-refractivity contribution is -0.141. The fourth-order valence-corrected chi connectivity index (χ4v) is 1.78. The first kappa shape index (κ1) is 11.2. The first-order chi connectivity index (χ1) is 8.31. The molecule has 0 N–H and O–H groups in total. The molecule has 0 heterocycles. The molecule has 2 aromatic rings. The molecule has 2 rings (SSSR count). The van der Waals surface area contributed by atoms with Gasteiger partial charge in [0, 0.05) is 0 Å². The average molecular weight is 224 g/mol. The molecule has 0 saturated carbocycles. The van der Waals surface area contributed by atoms with Crippen molar-refractivity contribution in [1.82, 2.24) is 0 Å². The summed E-state index contributed by atoms with van der Waals surface area (Å²) in [5, 5.41) is 2.20. The predicted octanol–water partition coefficient (Wildman–Crippen LogP) is 2.56. The largest absolute Gasteiger partial charge is 0.452 e. The van der Waals surface area contributed by atoms with Gasteiger partial charge in [0.25, 0.3) is 0 Å². The Hall–Kier alpha value is -2.27. The molecule has 0 aliphatic heterocycles. The van der Waals surface area contributed by atoms with Gasteiger partial charge in [0.1, 0.15) is 0 Å². The molecule has 0 fully saturated rings. The minimum Gasteiger partial charge on any atom is -0.452 e. The highest BCUT2D eigenvalue weighted by atomic mass is 16.5. The number of carbonyl (C=O) groups is 1. The third kappa shape index (κ3) is 2.64. The van der Waals surface area contributed by atoms with Crippen molar-refractivity contribution in [3.63, 3.8) is 0 Å². The number of esters is 1. The highest BCUT2D eigenvalue weighted by Crippen LogP contribution is 2.19. The maximum Gasteiger partial charge on any atom is 0.311 e. The molecule has 0 unspecified atom stereocenters. The summed E-state index contributed by atoms with van der Waals surface area (Å²) < 4.78 is 4.87. The van der Waals surface area contributed by atoms with Gasteiger partial charge in [-0.05, 0) is 16.3 Å². The topological polar surface area (TPSA) is 26.3 Å². The second-order valence-electron chi connectivity index (χ2n) is 3.68. The molecular formula is C15H12O2. The Morgan fingerprint density at radius 3 is 2.76 bits per heavy atom. The van der Waals surface area contributed by atoms with Crippen molar-refractivity contribution in [2.45, 2.75) is 6.42 Å². The standard InChI is InChI=1S/C15H12O2/c1-2-10-17-15(16)11-13-8-5-7-12-6-3-4-9-14(12)13/h1,3-9H,10-11H2. The first-order valence-corrected chi connectivity index (χ1v) is 5.37. The Morgan fingerprint density at radius 1 is 1.18 bits per heavy atom. The van der Waals surface area contributed by atoms with Crippen LogP contribution in [0.1, 0.15) is 5.56 Å². The molecule has 0 aliphatic rings. The Kier molecular flexibility index (Phi) is 3.42. The quantitative estimate of drug-likeness (QED) is 0.591. The van der Waals surface area contributed by atoms with E-state index < -0.39 is 0 Å². The van der Waals surface area contributed by atoms with E-state index in [4.69, 9.17) is 11.2 Å². The van der Waals surface area contributed by atoms with Crippen molar-refractivity contribution >= 4 is 16.7 Å². The van der Waals surface area contributed by atoms with E-state index in [0.29, 0.717) is 0 Å². The molecule has 17 heavy (non-hydrogen) atoms. The molecule has 0 aliphatic carbocycles. The number of hydrogen-bond donors (Lipinski definition) is 0. The third-order valence-corrected chi connectivity index (χ3v) is 2.53. The van der Waals surface area contributed by atoms with Crippen LogP contribution in [-0.4, -0.2) is 12.6 Å². The van der Waals surface area contributed by atoms with Gasteiger partial charge in [0.15, 0.2) is 6.61 Å². The summed E-state index contributed by atoms with van der Waals surface area (Å²) in [5.74, 6) is 1.99. The van der Waals surface area contributed by atoms with Crippen LogP contribution in [0.15, 0.2) is 42.5 Å². The molecular weight excluding hydrogens is 212 g/mol. The lowest BCUT2D eigenvalue weighted by atomic mass is 10.0. The molecule has 0 aromatic heterocycles. The number of ether oxygens (including phenoxy) is 1. The molecule has 0 amide bonds. The Bertz CT molecular complexity index is 573. The van der Waals surface area contributed by atoms with Gasteiger partial charge in [-0.25, -0.2) is 0 Å². The maximum atomic E-state index is 11.5.